The smallest absolute Gasteiger partial charge is 0.330 e. The third-order valence-corrected chi connectivity index (χ3v) is 4.66. The average molecular weight is 378 g/mol. The highest BCUT2D eigenvalue weighted by atomic mass is 16.5. The van der Waals surface area contributed by atoms with Gasteiger partial charge < -0.3 is 10.1 Å². The zero-order valence-electron chi connectivity index (χ0n) is 15.1. The number of carbonyl (C=O) groups is 1. The van der Waals surface area contributed by atoms with Gasteiger partial charge in [0.2, 0.25) is 0 Å². The number of anilines is 1. The molecule has 3 N–H and O–H groups in total. The monoisotopic (exact) mass is 378 g/mol. The Balaban J connectivity index is 1.86. The Morgan fingerprint density at radius 3 is 2.39 bits per heavy atom. The van der Waals surface area contributed by atoms with Gasteiger partial charge in [0.1, 0.15) is 11.6 Å². The Labute approximate surface area is 159 Å². The molecule has 0 aliphatic carbocycles. The first kappa shape index (κ1) is 17.6. The largest absolute Gasteiger partial charge is 0.497 e. The zero-order valence-corrected chi connectivity index (χ0v) is 15.1. The van der Waals surface area contributed by atoms with Crippen molar-refractivity contribution >= 4 is 11.8 Å². The van der Waals surface area contributed by atoms with Crippen LogP contribution in [0.1, 0.15) is 22.7 Å². The van der Waals surface area contributed by atoms with Crippen molar-refractivity contribution in [1.29, 1.82) is 0 Å². The van der Waals surface area contributed by atoms with E-state index in [9.17, 15) is 14.4 Å². The number of amides is 2. The van der Waals surface area contributed by atoms with Crippen molar-refractivity contribution in [2.75, 3.05) is 12.4 Å². The number of fused-ring (bicyclic) bond motifs is 1. The third-order valence-electron chi connectivity index (χ3n) is 4.66. The second kappa shape index (κ2) is 7.07. The maximum absolute atomic E-state index is 12.6. The van der Waals surface area contributed by atoms with Gasteiger partial charge in [-0.05, 0) is 23.3 Å². The second-order valence-electron chi connectivity index (χ2n) is 6.40. The highest BCUT2D eigenvalue weighted by Crippen LogP contribution is 2.29. The molecule has 0 spiro atoms. The molecule has 1 unspecified atom stereocenters. The van der Waals surface area contributed by atoms with Crippen LogP contribution in [-0.4, -0.2) is 22.7 Å². The molecule has 28 heavy (non-hydrogen) atoms. The van der Waals surface area contributed by atoms with Crippen LogP contribution in [0.2, 0.25) is 0 Å². The molecular formula is C20H18N4O4. The zero-order chi connectivity index (χ0) is 19.7. The SMILES string of the molecule is COc1ccc(C2NC(=O)Nc3c2c(=O)[nH]c(=O)n3Cc2ccccc2)cc1. The van der Waals surface area contributed by atoms with E-state index in [4.69, 9.17) is 4.74 Å². The molecule has 2 amide bonds. The molecule has 1 atom stereocenters. The average Bonchev–Trinajstić information content (AvgIpc) is 2.71. The van der Waals surface area contributed by atoms with Crippen LogP contribution in [0.5, 0.6) is 5.75 Å². The van der Waals surface area contributed by atoms with Crippen molar-refractivity contribution in [1.82, 2.24) is 14.9 Å². The Bertz CT molecular complexity index is 1130. The minimum absolute atomic E-state index is 0.196. The summed E-state index contributed by atoms with van der Waals surface area (Å²) in [6, 6.07) is 15.2. The van der Waals surface area contributed by atoms with Crippen LogP contribution < -0.4 is 26.6 Å². The maximum Gasteiger partial charge on any atom is 0.330 e. The third kappa shape index (κ3) is 3.16. The van der Waals surface area contributed by atoms with Crippen LogP contribution in [0.3, 0.4) is 0 Å². The number of methoxy groups -OCH3 is 1. The second-order valence-corrected chi connectivity index (χ2v) is 6.40. The lowest BCUT2D eigenvalue weighted by atomic mass is 9.98. The van der Waals surface area contributed by atoms with Gasteiger partial charge in [-0.15, -0.1) is 0 Å². The van der Waals surface area contributed by atoms with Crippen molar-refractivity contribution in [2.24, 2.45) is 0 Å². The van der Waals surface area contributed by atoms with Gasteiger partial charge >= 0.3 is 11.7 Å². The summed E-state index contributed by atoms with van der Waals surface area (Å²) >= 11 is 0. The molecule has 0 saturated carbocycles. The molecule has 0 bridgehead atoms. The van der Waals surface area contributed by atoms with E-state index in [1.807, 2.05) is 30.3 Å². The van der Waals surface area contributed by atoms with Crippen LogP contribution in [0.25, 0.3) is 0 Å². The molecule has 1 aliphatic rings. The fraction of sp³-hybridized carbons (Fsp3) is 0.150. The van der Waals surface area contributed by atoms with Crippen molar-refractivity contribution in [2.45, 2.75) is 12.6 Å². The van der Waals surface area contributed by atoms with Gasteiger partial charge in [0, 0.05) is 0 Å². The van der Waals surface area contributed by atoms with Gasteiger partial charge in [-0.3, -0.25) is 19.7 Å². The van der Waals surface area contributed by atoms with Crippen molar-refractivity contribution in [3.05, 3.63) is 92.1 Å². The van der Waals surface area contributed by atoms with Gasteiger partial charge in [0.15, 0.2) is 0 Å². The molecule has 8 heteroatoms. The standard InChI is InChI=1S/C20H18N4O4/c1-28-14-9-7-13(8-10-14)16-15-17(22-19(26)21-16)24(20(27)23-18(15)25)11-12-5-3-2-4-6-12/h2-10,16H,11H2,1H3,(H2,21,22,26)(H,23,25,27). The van der Waals surface area contributed by atoms with E-state index in [2.05, 4.69) is 15.6 Å². The molecule has 1 aromatic heterocycles. The number of urea groups is 1. The molecule has 1 aliphatic heterocycles. The minimum Gasteiger partial charge on any atom is -0.497 e. The van der Waals surface area contributed by atoms with Crippen molar-refractivity contribution in [3.63, 3.8) is 0 Å². The number of H-pyrrole nitrogens is 1. The summed E-state index contributed by atoms with van der Waals surface area (Å²) in [6.07, 6.45) is 0. The molecule has 4 rings (SSSR count). The highest BCUT2D eigenvalue weighted by Gasteiger charge is 2.31. The molecule has 0 fully saturated rings. The summed E-state index contributed by atoms with van der Waals surface area (Å²) in [5.74, 6) is 0.856. The number of nitrogens with one attached hydrogen (secondary N) is 3. The van der Waals surface area contributed by atoms with Crippen molar-refractivity contribution < 1.29 is 9.53 Å². The molecule has 3 aromatic rings. The van der Waals surface area contributed by atoms with E-state index in [1.54, 1.807) is 31.4 Å². The quantitative estimate of drug-likeness (QED) is 0.644. The van der Waals surface area contributed by atoms with Crippen LogP contribution >= 0.6 is 0 Å². The molecular weight excluding hydrogens is 360 g/mol. The predicted octanol–water partition coefficient (Wildman–Crippen LogP) is 1.82. The van der Waals surface area contributed by atoms with Crippen LogP contribution in [0.4, 0.5) is 10.6 Å². The maximum atomic E-state index is 12.6. The number of hydrogen-bond acceptors (Lipinski definition) is 4. The van der Waals surface area contributed by atoms with E-state index in [-0.39, 0.29) is 17.9 Å². The molecule has 2 heterocycles. The van der Waals surface area contributed by atoms with Crippen LogP contribution in [0.15, 0.2) is 64.2 Å². The highest BCUT2D eigenvalue weighted by molar-refractivity contribution is 5.92. The van der Waals surface area contributed by atoms with E-state index in [0.29, 0.717) is 11.3 Å². The normalized spacial score (nSPS) is 15.3. The number of rotatable bonds is 4. The fourth-order valence-electron chi connectivity index (χ4n) is 3.30. The lowest BCUT2D eigenvalue weighted by Gasteiger charge is -2.28. The molecule has 8 nitrogen and oxygen atoms in total. The fourth-order valence-corrected chi connectivity index (χ4v) is 3.30. The Kier molecular flexibility index (Phi) is 4.44. The van der Waals surface area contributed by atoms with E-state index < -0.39 is 23.3 Å². The number of aromatic amines is 1. The first-order valence-corrected chi connectivity index (χ1v) is 8.69. The van der Waals surface area contributed by atoms with Gasteiger partial charge in [0.25, 0.3) is 5.56 Å². The van der Waals surface area contributed by atoms with Gasteiger partial charge in [-0.25, -0.2) is 9.59 Å². The lowest BCUT2D eigenvalue weighted by molar-refractivity contribution is 0.248. The first-order chi connectivity index (χ1) is 13.6. The minimum atomic E-state index is -0.693. The molecule has 142 valence electrons. The van der Waals surface area contributed by atoms with Crippen molar-refractivity contribution in [3.8, 4) is 5.75 Å². The molecule has 0 saturated heterocycles. The molecule has 2 aromatic carbocycles. The predicted molar refractivity (Wildman–Crippen MR) is 104 cm³/mol. The topological polar surface area (TPSA) is 105 Å². The van der Waals surface area contributed by atoms with Crippen LogP contribution in [0, 0.1) is 0 Å². The van der Waals surface area contributed by atoms with E-state index >= 15 is 0 Å². The summed E-state index contributed by atoms with van der Waals surface area (Å²) in [5.41, 5.74) is 0.723. The summed E-state index contributed by atoms with van der Waals surface area (Å²) in [5, 5.41) is 5.37. The first-order valence-electron chi connectivity index (χ1n) is 8.69. The lowest BCUT2D eigenvalue weighted by Crippen LogP contribution is -2.46. The summed E-state index contributed by atoms with van der Waals surface area (Å²) in [6.45, 7) is 0.217. The number of ether oxygens (including phenoxy) is 1. The number of benzene rings is 2. The van der Waals surface area contributed by atoms with Gasteiger partial charge in [-0.1, -0.05) is 42.5 Å². The Hall–Kier alpha value is -3.81. The number of carbonyl (C=O) groups excluding carboxylic acids is 1. The summed E-state index contributed by atoms with van der Waals surface area (Å²) < 4.78 is 6.52. The summed E-state index contributed by atoms with van der Waals surface area (Å²) in [7, 11) is 1.56. The Morgan fingerprint density at radius 1 is 1.00 bits per heavy atom. The van der Waals surface area contributed by atoms with E-state index in [1.165, 1.54) is 4.57 Å². The van der Waals surface area contributed by atoms with Crippen LogP contribution in [-0.2, 0) is 6.54 Å². The van der Waals surface area contributed by atoms with Gasteiger partial charge in [-0.2, -0.15) is 0 Å². The Morgan fingerprint density at radius 2 is 1.71 bits per heavy atom. The van der Waals surface area contributed by atoms with E-state index in [0.717, 1.165) is 5.56 Å². The number of aromatic nitrogens is 2. The summed E-state index contributed by atoms with van der Waals surface area (Å²) in [4.78, 5) is 39.7. The number of hydrogen-bond donors (Lipinski definition) is 3. The van der Waals surface area contributed by atoms with Gasteiger partial charge in [0.05, 0.1) is 25.3 Å². The number of nitrogens with zero attached hydrogens (tertiary/aromatic N) is 1. The molecule has 0 radical (unpaired) electrons.